The molecule has 2 aromatic carbocycles. The maximum absolute atomic E-state index is 13.1. The van der Waals surface area contributed by atoms with E-state index in [1.165, 1.54) is 12.7 Å². The second-order valence-electron chi connectivity index (χ2n) is 7.36. The Morgan fingerprint density at radius 2 is 1.64 bits per heavy atom. The van der Waals surface area contributed by atoms with Crippen molar-refractivity contribution in [1.82, 2.24) is 4.90 Å². The quantitative estimate of drug-likeness (QED) is 0.653. The zero-order chi connectivity index (χ0) is 20.3. The van der Waals surface area contributed by atoms with Gasteiger partial charge >= 0.3 is 5.97 Å². The lowest BCUT2D eigenvalue weighted by Crippen LogP contribution is -2.48. The highest BCUT2D eigenvalue weighted by Gasteiger charge is 2.40. The predicted molar refractivity (Wildman–Crippen MR) is 106 cm³/mol. The number of amides is 2. The normalized spacial score (nSPS) is 13.5. The van der Waals surface area contributed by atoms with Crippen molar-refractivity contribution in [3.8, 4) is 0 Å². The van der Waals surface area contributed by atoms with E-state index in [2.05, 4.69) is 11.4 Å². The molecule has 146 valence electrons. The van der Waals surface area contributed by atoms with E-state index in [0.29, 0.717) is 18.8 Å². The van der Waals surface area contributed by atoms with Gasteiger partial charge in [-0.05, 0) is 43.5 Å². The number of carbonyl (C=O) groups excluding carboxylic acids is 3. The highest BCUT2D eigenvalue weighted by molar-refractivity contribution is 6.11. The molecule has 0 fully saturated rings. The third kappa shape index (κ3) is 3.76. The van der Waals surface area contributed by atoms with Crippen molar-refractivity contribution in [3.05, 3.63) is 65.2 Å². The topological polar surface area (TPSA) is 75.7 Å². The summed E-state index contributed by atoms with van der Waals surface area (Å²) in [7, 11) is 1.28. The molecule has 0 aliphatic carbocycles. The number of nitrogens with one attached hydrogen (secondary N) is 1. The van der Waals surface area contributed by atoms with Gasteiger partial charge in [-0.2, -0.15) is 0 Å². The average molecular weight is 380 g/mol. The van der Waals surface area contributed by atoms with Crippen LogP contribution in [0, 0.1) is 5.41 Å². The lowest BCUT2D eigenvalue weighted by atomic mass is 9.88. The Morgan fingerprint density at radius 1 is 1.00 bits per heavy atom. The molecule has 1 N–H and O–H groups in total. The number of nitrogens with zero attached hydrogens (tertiary/aromatic N) is 1. The van der Waals surface area contributed by atoms with Gasteiger partial charge in [0.15, 0.2) is 0 Å². The van der Waals surface area contributed by atoms with Gasteiger partial charge in [0.2, 0.25) is 11.8 Å². The van der Waals surface area contributed by atoms with Gasteiger partial charge in [-0.15, -0.1) is 0 Å². The van der Waals surface area contributed by atoms with E-state index in [9.17, 15) is 14.4 Å². The number of hydrogen-bond donors (Lipinski definition) is 1. The first-order valence-corrected chi connectivity index (χ1v) is 9.19. The second-order valence-corrected chi connectivity index (χ2v) is 7.36. The standard InChI is InChI=1S/C22H24N2O4/c1-22(2,20(26)23-18-11-7-6-10-17(18)19(25)28-3)21(27)24-13-12-15-8-4-5-9-16(15)14-24/h4-11H,12-14H2,1-3H3,(H,23,26). The van der Waals surface area contributed by atoms with Crippen molar-refractivity contribution >= 4 is 23.5 Å². The fourth-order valence-electron chi connectivity index (χ4n) is 3.32. The van der Waals surface area contributed by atoms with Crippen molar-refractivity contribution in [2.75, 3.05) is 19.0 Å². The number of ether oxygens (including phenoxy) is 1. The number of rotatable bonds is 4. The van der Waals surface area contributed by atoms with Crippen LogP contribution in [0.4, 0.5) is 5.69 Å². The number of benzene rings is 2. The third-order valence-corrected chi connectivity index (χ3v) is 5.10. The van der Waals surface area contributed by atoms with E-state index in [-0.39, 0.29) is 11.5 Å². The number of hydrogen-bond acceptors (Lipinski definition) is 4. The van der Waals surface area contributed by atoms with E-state index in [0.717, 1.165) is 12.0 Å². The van der Waals surface area contributed by atoms with E-state index < -0.39 is 17.3 Å². The first-order valence-electron chi connectivity index (χ1n) is 9.19. The van der Waals surface area contributed by atoms with E-state index in [4.69, 9.17) is 4.74 Å². The van der Waals surface area contributed by atoms with Crippen LogP contribution in [-0.2, 0) is 27.3 Å². The van der Waals surface area contributed by atoms with E-state index in [1.807, 2.05) is 18.2 Å². The smallest absolute Gasteiger partial charge is 0.339 e. The van der Waals surface area contributed by atoms with Gasteiger partial charge in [-0.1, -0.05) is 36.4 Å². The fraction of sp³-hybridized carbons (Fsp3) is 0.318. The minimum absolute atomic E-state index is 0.241. The molecule has 0 saturated carbocycles. The maximum Gasteiger partial charge on any atom is 0.339 e. The van der Waals surface area contributed by atoms with Crippen molar-refractivity contribution < 1.29 is 19.1 Å². The molecule has 0 saturated heterocycles. The van der Waals surface area contributed by atoms with Crippen LogP contribution >= 0.6 is 0 Å². The summed E-state index contributed by atoms with van der Waals surface area (Å²) in [6.45, 7) is 4.27. The molecule has 1 aliphatic rings. The minimum Gasteiger partial charge on any atom is -0.465 e. The first-order chi connectivity index (χ1) is 13.3. The largest absolute Gasteiger partial charge is 0.465 e. The molecule has 0 atom stereocenters. The lowest BCUT2D eigenvalue weighted by molar-refractivity contribution is -0.147. The Labute approximate surface area is 164 Å². The van der Waals surface area contributed by atoms with Crippen LogP contribution in [0.15, 0.2) is 48.5 Å². The molecule has 0 aromatic heterocycles. The zero-order valence-corrected chi connectivity index (χ0v) is 16.3. The maximum atomic E-state index is 13.1. The summed E-state index contributed by atoms with van der Waals surface area (Å²) in [6, 6.07) is 14.6. The Kier molecular flexibility index (Phi) is 5.49. The third-order valence-electron chi connectivity index (χ3n) is 5.10. The van der Waals surface area contributed by atoms with Crippen molar-refractivity contribution in [2.24, 2.45) is 5.41 Å². The van der Waals surface area contributed by atoms with Gasteiger partial charge in [0.05, 0.1) is 18.4 Å². The van der Waals surface area contributed by atoms with Crippen LogP contribution in [-0.4, -0.2) is 36.3 Å². The molecule has 0 bridgehead atoms. The second kappa shape index (κ2) is 7.84. The zero-order valence-electron chi connectivity index (χ0n) is 16.3. The molecule has 1 heterocycles. The molecule has 3 rings (SSSR count). The average Bonchev–Trinajstić information content (AvgIpc) is 2.72. The summed E-state index contributed by atoms with van der Waals surface area (Å²) in [4.78, 5) is 39.7. The summed E-state index contributed by atoms with van der Waals surface area (Å²) in [5, 5.41) is 2.72. The molecule has 0 radical (unpaired) electrons. The van der Waals surface area contributed by atoms with Gasteiger partial charge in [-0.3, -0.25) is 9.59 Å². The van der Waals surface area contributed by atoms with Crippen LogP contribution < -0.4 is 5.32 Å². The summed E-state index contributed by atoms with van der Waals surface area (Å²) in [6.07, 6.45) is 0.769. The van der Waals surface area contributed by atoms with Crippen LogP contribution in [0.25, 0.3) is 0 Å². The number of para-hydroxylation sites is 1. The van der Waals surface area contributed by atoms with Crippen molar-refractivity contribution in [2.45, 2.75) is 26.8 Å². The number of methoxy groups -OCH3 is 1. The first kappa shape index (κ1) is 19.6. The number of fused-ring (bicyclic) bond motifs is 1. The van der Waals surface area contributed by atoms with Gasteiger partial charge < -0.3 is 15.0 Å². The van der Waals surface area contributed by atoms with Crippen molar-refractivity contribution in [1.29, 1.82) is 0 Å². The predicted octanol–water partition coefficient (Wildman–Crippen LogP) is 3.02. The molecule has 1 aliphatic heterocycles. The Hall–Kier alpha value is -3.15. The lowest BCUT2D eigenvalue weighted by Gasteiger charge is -2.34. The molecule has 2 amide bonds. The number of carbonyl (C=O) groups is 3. The molecule has 6 nitrogen and oxygen atoms in total. The van der Waals surface area contributed by atoms with Gasteiger partial charge in [-0.25, -0.2) is 4.79 Å². The molecule has 28 heavy (non-hydrogen) atoms. The summed E-state index contributed by atoms with van der Waals surface area (Å²) in [5.74, 6) is -1.25. The van der Waals surface area contributed by atoms with Crippen LogP contribution in [0.5, 0.6) is 0 Å². The van der Waals surface area contributed by atoms with Crippen LogP contribution in [0.3, 0.4) is 0 Å². The molecular weight excluding hydrogens is 356 g/mol. The highest BCUT2D eigenvalue weighted by Crippen LogP contribution is 2.27. The van der Waals surface area contributed by atoms with Crippen molar-refractivity contribution in [3.63, 3.8) is 0 Å². The van der Waals surface area contributed by atoms with E-state index in [1.54, 1.807) is 43.0 Å². The van der Waals surface area contributed by atoms with Gasteiger partial charge in [0, 0.05) is 13.1 Å². The Morgan fingerprint density at radius 3 is 2.36 bits per heavy atom. The molecule has 6 heteroatoms. The molecule has 2 aromatic rings. The van der Waals surface area contributed by atoms with Crippen LogP contribution in [0.2, 0.25) is 0 Å². The molecule has 0 unspecified atom stereocenters. The molecule has 0 spiro atoms. The fourth-order valence-corrected chi connectivity index (χ4v) is 3.32. The van der Waals surface area contributed by atoms with Gasteiger partial charge in [0.25, 0.3) is 0 Å². The Bertz CT molecular complexity index is 920. The summed E-state index contributed by atoms with van der Waals surface area (Å²) < 4.78 is 4.75. The number of anilines is 1. The monoisotopic (exact) mass is 380 g/mol. The summed E-state index contributed by atoms with van der Waals surface area (Å²) >= 11 is 0. The van der Waals surface area contributed by atoms with Crippen LogP contribution in [0.1, 0.15) is 35.3 Å². The molecular formula is C22H24N2O4. The Balaban J connectivity index is 1.77. The highest BCUT2D eigenvalue weighted by atomic mass is 16.5. The van der Waals surface area contributed by atoms with Gasteiger partial charge in [0.1, 0.15) is 5.41 Å². The SMILES string of the molecule is COC(=O)c1ccccc1NC(=O)C(C)(C)C(=O)N1CCc2ccccc2C1. The minimum atomic E-state index is -1.28. The van der Waals surface area contributed by atoms with E-state index >= 15 is 0 Å². The number of esters is 1. The summed E-state index contributed by atoms with van der Waals surface area (Å²) in [5.41, 5.74) is 1.63.